The zero-order chi connectivity index (χ0) is 26.8. The summed E-state index contributed by atoms with van der Waals surface area (Å²) in [5, 5.41) is 16.9. The van der Waals surface area contributed by atoms with E-state index in [1.807, 2.05) is 47.6 Å². The van der Waals surface area contributed by atoms with Crippen molar-refractivity contribution < 1.29 is 4.79 Å². The SMILES string of the molecule is CCNC(=S)N(Cc1cccc(Cl)c1Cl)C[C@H](CC)NC(=O)Cc1cncn1Cc1ccc(C#N)cc1. The van der Waals surface area contributed by atoms with Crippen LogP contribution in [0.3, 0.4) is 0 Å². The van der Waals surface area contributed by atoms with Gasteiger partial charge in [-0.15, -0.1) is 0 Å². The second-order valence-electron chi connectivity index (χ2n) is 8.60. The van der Waals surface area contributed by atoms with Crippen molar-refractivity contribution in [2.24, 2.45) is 0 Å². The van der Waals surface area contributed by atoms with Gasteiger partial charge in [0.05, 0.1) is 34.4 Å². The zero-order valence-corrected chi connectivity index (χ0v) is 23.2. The fourth-order valence-electron chi connectivity index (χ4n) is 3.86. The predicted octanol–water partition coefficient (Wildman–Crippen LogP) is 4.94. The van der Waals surface area contributed by atoms with Crippen molar-refractivity contribution in [1.82, 2.24) is 25.1 Å². The Bertz CT molecular complexity index is 1250. The summed E-state index contributed by atoms with van der Waals surface area (Å²) in [7, 11) is 0. The molecule has 0 radical (unpaired) electrons. The topological polar surface area (TPSA) is 86.0 Å². The number of rotatable bonds is 11. The molecule has 0 saturated carbocycles. The first-order chi connectivity index (χ1) is 17.8. The summed E-state index contributed by atoms with van der Waals surface area (Å²) in [5.74, 6) is -0.0939. The lowest BCUT2D eigenvalue weighted by Crippen LogP contribution is -2.48. The third kappa shape index (κ3) is 8.19. The largest absolute Gasteiger partial charge is 0.363 e. The number of nitrogens with one attached hydrogen (secondary N) is 2. The summed E-state index contributed by atoms with van der Waals surface area (Å²) in [5.41, 5.74) is 3.31. The van der Waals surface area contributed by atoms with Crippen LogP contribution in [-0.2, 0) is 24.3 Å². The van der Waals surface area contributed by atoms with E-state index in [0.717, 1.165) is 23.2 Å². The zero-order valence-electron chi connectivity index (χ0n) is 20.9. The first-order valence-corrected chi connectivity index (χ1v) is 13.2. The van der Waals surface area contributed by atoms with Gasteiger partial charge in [-0.2, -0.15) is 5.26 Å². The Balaban J connectivity index is 1.65. The summed E-state index contributed by atoms with van der Waals surface area (Å²) in [6.07, 6.45) is 4.34. The summed E-state index contributed by atoms with van der Waals surface area (Å²) in [6.45, 7) is 6.25. The van der Waals surface area contributed by atoms with E-state index in [4.69, 9.17) is 40.7 Å². The molecule has 0 saturated heterocycles. The molecule has 1 atom stereocenters. The average molecular weight is 558 g/mol. The third-order valence-corrected chi connectivity index (χ3v) is 7.14. The van der Waals surface area contributed by atoms with Crippen LogP contribution in [0, 0.1) is 11.3 Å². The van der Waals surface area contributed by atoms with Crippen LogP contribution in [-0.4, -0.2) is 44.6 Å². The van der Waals surface area contributed by atoms with Crippen molar-refractivity contribution >= 4 is 46.4 Å². The molecule has 1 aromatic heterocycles. The Hall–Kier alpha value is -3.12. The standard InChI is InChI=1S/C27H30Cl2N6OS/c1-3-22(17-34(27(37)32-4-2)16-21-6-5-7-24(28)26(21)29)33-25(36)12-23-14-31-18-35(23)15-20-10-8-19(13-30)9-11-20/h5-11,14,18,22H,3-4,12,15-17H2,1-2H3,(H,32,37)(H,33,36)/t22-/m0/s1. The van der Waals surface area contributed by atoms with Crippen LogP contribution in [0.1, 0.15) is 42.7 Å². The maximum Gasteiger partial charge on any atom is 0.226 e. The minimum absolute atomic E-state index is 0.0939. The number of amides is 1. The molecule has 0 aliphatic carbocycles. The van der Waals surface area contributed by atoms with E-state index >= 15 is 0 Å². The Morgan fingerprint density at radius 1 is 1.22 bits per heavy atom. The lowest BCUT2D eigenvalue weighted by Gasteiger charge is -2.30. The van der Waals surface area contributed by atoms with E-state index < -0.39 is 0 Å². The van der Waals surface area contributed by atoms with E-state index in [0.29, 0.717) is 46.9 Å². The van der Waals surface area contributed by atoms with Gasteiger partial charge in [0.1, 0.15) is 0 Å². The monoisotopic (exact) mass is 556 g/mol. The van der Waals surface area contributed by atoms with Crippen LogP contribution in [0.15, 0.2) is 55.0 Å². The highest BCUT2D eigenvalue weighted by atomic mass is 35.5. The number of nitrogens with zero attached hydrogens (tertiary/aromatic N) is 4. The molecule has 0 spiro atoms. The summed E-state index contributed by atoms with van der Waals surface area (Å²) >= 11 is 18.3. The quantitative estimate of drug-likeness (QED) is 0.325. The van der Waals surface area contributed by atoms with Gasteiger partial charge in [0, 0.05) is 44.1 Å². The van der Waals surface area contributed by atoms with E-state index in [1.165, 1.54) is 0 Å². The van der Waals surface area contributed by atoms with E-state index in [9.17, 15) is 4.79 Å². The molecular formula is C27H30Cl2N6OS. The summed E-state index contributed by atoms with van der Waals surface area (Å²) in [6, 6.07) is 14.9. The number of nitriles is 1. The van der Waals surface area contributed by atoms with Crippen LogP contribution in [0.25, 0.3) is 0 Å². The Morgan fingerprint density at radius 3 is 2.65 bits per heavy atom. The van der Waals surface area contributed by atoms with Gasteiger partial charge in [0.25, 0.3) is 0 Å². The second kappa shape index (κ2) is 14.0. The Kier molecular flexibility index (Phi) is 10.8. The average Bonchev–Trinajstić information content (AvgIpc) is 3.32. The minimum atomic E-state index is -0.128. The van der Waals surface area contributed by atoms with Crippen molar-refractivity contribution in [2.75, 3.05) is 13.1 Å². The number of aromatic nitrogens is 2. The molecule has 2 N–H and O–H groups in total. The first-order valence-electron chi connectivity index (χ1n) is 12.1. The van der Waals surface area contributed by atoms with Crippen LogP contribution < -0.4 is 10.6 Å². The minimum Gasteiger partial charge on any atom is -0.363 e. The highest BCUT2D eigenvalue weighted by Gasteiger charge is 2.20. The number of hydrogen-bond donors (Lipinski definition) is 2. The number of carbonyl (C=O) groups excluding carboxylic acids is 1. The highest BCUT2D eigenvalue weighted by Crippen LogP contribution is 2.26. The fourth-order valence-corrected chi connectivity index (χ4v) is 4.53. The van der Waals surface area contributed by atoms with Gasteiger partial charge in [-0.3, -0.25) is 4.79 Å². The molecular weight excluding hydrogens is 527 g/mol. The predicted molar refractivity (Wildman–Crippen MR) is 152 cm³/mol. The first kappa shape index (κ1) is 28.5. The second-order valence-corrected chi connectivity index (χ2v) is 9.77. The van der Waals surface area contributed by atoms with Crippen LogP contribution in [0.5, 0.6) is 0 Å². The van der Waals surface area contributed by atoms with E-state index in [-0.39, 0.29) is 18.4 Å². The number of imidazole rings is 1. The maximum atomic E-state index is 13.0. The van der Waals surface area contributed by atoms with Crippen molar-refractivity contribution in [3.05, 3.63) is 87.4 Å². The van der Waals surface area contributed by atoms with Crippen LogP contribution in [0.4, 0.5) is 0 Å². The lowest BCUT2D eigenvalue weighted by atomic mass is 10.1. The van der Waals surface area contributed by atoms with Gasteiger partial charge >= 0.3 is 0 Å². The molecule has 0 bridgehead atoms. The molecule has 1 heterocycles. The molecule has 0 aliphatic rings. The van der Waals surface area contributed by atoms with Gasteiger partial charge in [0.15, 0.2) is 5.11 Å². The van der Waals surface area contributed by atoms with E-state index in [1.54, 1.807) is 30.7 Å². The van der Waals surface area contributed by atoms with Gasteiger partial charge in [0.2, 0.25) is 5.91 Å². The molecule has 0 aliphatic heterocycles. The van der Waals surface area contributed by atoms with Gasteiger partial charge < -0.3 is 20.1 Å². The number of benzene rings is 2. The normalized spacial score (nSPS) is 11.4. The molecule has 3 aromatic rings. The van der Waals surface area contributed by atoms with Gasteiger partial charge in [-0.1, -0.05) is 54.4 Å². The number of thiocarbonyl (C=S) groups is 1. The number of halogens is 2. The molecule has 194 valence electrons. The van der Waals surface area contributed by atoms with Gasteiger partial charge in [-0.05, 0) is 54.9 Å². The molecule has 37 heavy (non-hydrogen) atoms. The smallest absolute Gasteiger partial charge is 0.226 e. The third-order valence-electron chi connectivity index (χ3n) is 5.88. The molecule has 0 fully saturated rings. The molecule has 2 aromatic carbocycles. The number of hydrogen-bond acceptors (Lipinski definition) is 4. The summed E-state index contributed by atoms with van der Waals surface area (Å²) < 4.78 is 1.94. The number of carbonyl (C=O) groups is 1. The van der Waals surface area contributed by atoms with Crippen LogP contribution >= 0.6 is 35.4 Å². The summed E-state index contributed by atoms with van der Waals surface area (Å²) in [4.78, 5) is 19.2. The van der Waals surface area contributed by atoms with Crippen molar-refractivity contribution in [2.45, 2.75) is 45.8 Å². The molecule has 0 unspecified atom stereocenters. The van der Waals surface area contributed by atoms with Crippen molar-refractivity contribution in [3.8, 4) is 6.07 Å². The molecule has 10 heteroatoms. The highest BCUT2D eigenvalue weighted by molar-refractivity contribution is 7.80. The van der Waals surface area contributed by atoms with Crippen molar-refractivity contribution in [3.63, 3.8) is 0 Å². The van der Waals surface area contributed by atoms with Gasteiger partial charge in [-0.25, -0.2) is 4.98 Å². The lowest BCUT2D eigenvalue weighted by molar-refractivity contribution is -0.121. The van der Waals surface area contributed by atoms with Crippen molar-refractivity contribution in [1.29, 1.82) is 5.26 Å². The maximum absolute atomic E-state index is 13.0. The molecule has 3 rings (SSSR count). The fraction of sp³-hybridized carbons (Fsp3) is 0.333. The Labute approximate surface area is 233 Å². The van der Waals surface area contributed by atoms with E-state index in [2.05, 4.69) is 21.7 Å². The molecule has 1 amide bonds. The molecule has 7 nitrogen and oxygen atoms in total. The van der Waals surface area contributed by atoms with Crippen LogP contribution in [0.2, 0.25) is 10.0 Å². The Morgan fingerprint density at radius 2 is 1.97 bits per heavy atom.